The third-order valence-corrected chi connectivity index (χ3v) is 5.70. The lowest BCUT2D eigenvalue weighted by atomic mass is 9.90. The molecule has 0 radical (unpaired) electrons. The number of hydrogen-bond acceptors (Lipinski definition) is 4. The summed E-state index contributed by atoms with van der Waals surface area (Å²) in [6.07, 6.45) is 0. The number of anilines is 1. The first-order valence-electron chi connectivity index (χ1n) is 9.95. The van der Waals surface area contributed by atoms with Crippen LogP contribution in [0.5, 0.6) is 0 Å². The van der Waals surface area contributed by atoms with E-state index in [1.807, 2.05) is 56.0 Å². The van der Waals surface area contributed by atoms with E-state index in [1.165, 1.54) is 12.0 Å². The molecule has 1 amide bonds. The Morgan fingerprint density at radius 3 is 2.42 bits per heavy atom. The number of nitrogens with one attached hydrogen (secondary N) is 1. The van der Waals surface area contributed by atoms with E-state index >= 15 is 0 Å². The number of carbonyl (C=O) groups is 2. The second-order valence-electron chi connectivity index (χ2n) is 7.79. The van der Waals surface area contributed by atoms with E-state index in [1.54, 1.807) is 26.2 Å². The first kappa shape index (κ1) is 22.5. The van der Waals surface area contributed by atoms with Gasteiger partial charge in [-0.05, 0) is 61.8 Å². The van der Waals surface area contributed by atoms with E-state index in [2.05, 4.69) is 5.32 Å². The minimum absolute atomic E-state index is 0.160. The van der Waals surface area contributed by atoms with Crippen molar-refractivity contribution >= 4 is 34.9 Å². The fourth-order valence-electron chi connectivity index (χ4n) is 3.79. The summed E-state index contributed by atoms with van der Waals surface area (Å²) in [5.41, 5.74) is 5.33. The first-order chi connectivity index (χ1) is 14.7. The van der Waals surface area contributed by atoms with Gasteiger partial charge in [-0.2, -0.15) is 0 Å². The lowest BCUT2D eigenvalue weighted by Crippen LogP contribution is -2.49. The van der Waals surface area contributed by atoms with E-state index in [0.717, 1.165) is 22.5 Å². The highest BCUT2D eigenvalue weighted by Crippen LogP contribution is 2.37. The summed E-state index contributed by atoms with van der Waals surface area (Å²) >= 11 is 5.75. The number of carbonyl (C=O) groups excluding carboxylic acids is 2. The largest absolute Gasteiger partial charge is 0.465 e. The molecule has 0 saturated heterocycles. The van der Waals surface area contributed by atoms with Crippen molar-refractivity contribution in [3.8, 4) is 0 Å². The predicted molar refractivity (Wildman–Crippen MR) is 126 cm³/mol. The molecule has 162 valence electrons. The van der Waals surface area contributed by atoms with Gasteiger partial charge < -0.3 is 15.0 Å². The zero-order chi connectivity index (χ0) is 22.9. The Labute approximate surface area is 188 Å². The van der Waals surface area contributed by atoms with Gasteiger partial charge in [0.05, 0.1) is 30.0 Å². The highest BCUT2D eigenvalue weighted by Gasteiger charge is 2.37. The van der Waals surface area contributed by atoms with Gasteiger partial charge in [0, 0.05) is 19.8 Å². The topological polar surface area (TPSA) is 61.9 Å². The van der Waals surface area contributed by atoms with Crippen molar-refractivity contribution in [1.29, 1.82) is 0 Å². The number of aryl methyl sites for hydroxylation is 2. The normalized spacial score (nSPS) is 16.1. The number of thiocarbonyl (C=S) groups is 1. The van der Waals surface area contributed by atoms with E-state index in [4.69, 9.17) is 17.0 Å². The molecule has 1 atom stereocenters. The summed E-state index contributed by atoms with van der Waals surface area (Å²) in [6.45, 7) is 5.92. The van der Waals surface area contributed by atoms with Crippen molar-refractivity contribution in [3.05, 3.63) is 76.0 Å². The highest BCUT2D eigenvalue weighted by atomic mass is 32.1. The molecule has 7 heteroatoms. The molecule has 1 heterocycles. The van der Waals surface area contributed by atoms with Crippen molar-refractivity contribution in [2.75, 3.05) is 26.1 Å². The third-order valence-electron chi connectivity index (χ3n) is 5.40. The van der Waals surface area contributed by atoms with Gasteiger partial charge in [0.2, 0.25) is 0 Å². The maximum absolute atomic E-state index is 13.3. The Hall–Kier alpha value is -3.19. The van der Waals surface area contributed by atoms with Crippen LogP contribution in [0.3, 0.4) is 0 Å². The smallest absolute Gasteiger partial charge is 0.338 e. The summed E-state index contributed by atoms with van der Waals surface area (Å²) in [4.78, 5) is 29.2. The van der Waals surface area contributed by atoms with E-state index in [-0.39, 0.29) is 5.91 Å². The molecule has 0 aromatic heterocycles. The molecule has 0 spiro atoms. The number of ether oxygens (including phenoxy) is 1. The van der Waals surface area contributed by atoms with E-state index in [0.29, 0.717) is 21.8 Å². The molecule has 2 aromatic rings. The van der Waals surface area contributed by atoms with Crippen molar-refractivity contribution in [3.63, 3.8) is 0 Å². The molecular formula is C24H27N3O3S. The van der Waals surface area contributed by atoms with Crippen molar-refractivity contribution in [2.45, 2.75) is 26.8 Å². The number of methoxy groups -OCH3 is 1. The van der Waals surface area contributed by atoms with Gasteiger partial charge in [0.1, 0.15) is 0 Å². The van der Waals surface area contributed by atoms with Gasteiger partial charge in [-0.3, -0.25) is 9.69 Å². The first-order valence-corrected chi connectivity index (χ1v) is 10.4. The molecule has 0 fully saturated rings. The summed E-state index contributed by atoms with van der Waals surface area (Å²) in [5, 5.41) is 3.77. The molecular weight excluding hydrogens is 410 g/mol. The fourth-order valence-corrected chi connectivity index (χ4v) is 4.14. The number of amides is 1. The van der Waals surface area contributed by atoms with Crippen LogP contribution < -0.4 is 10.2 Å². The van der Waals surface area contributed by atoms with Gasteiger partial charge in [0.15, 0.2) is 5.11 Å². The Morgan fingerprint density at radius 1 is 1.10 bits per heavy atom. The second-order valence-corrected chi connectivity index (χ2v) is 8.17. The van der Waals surface area contributed by atoms with Crippen LogP contribution in [-0.2, 0) is 9.53 Å². The SMILES string of the molecule is COC(=O)c1ccccc1C1NC(=S)N(c2cc(C)ccc2C)C(C)=C1C(=O)N(C)C. The number of allylic oxidation sites excluding steroid dienone is 1. The lowest BCUT2D eigenvalue weighted by Gasteiger charge is -2.39. The van der Waals surface area contributed by atoms with Crippen molar-refractivity contribution in [2.24, 2.45) is 0 Å². The number of rotatable bonds is 4. The van der Waals surface area contributed by atoms with Gasteiger partial charge in [-0.15, -0.1) is 0 Å². The molecule has 3 rings (SSSR count). The standard InChI is InChI=1S/C24H27N3O3S/c1-14-11-12-15(2)19(13-14)27-16(3)20(22(28)26(4)5)21(25-24(27)31)17-9-7-8-10-18(17)23(29)30-6/h7-13,21H,1-6H3,(H,25,31). The molecule has 2 aromatic carbocycles. The van der Waals surface area contributed by atoms with Crippen LogP contribution in [0.15, 0.2) is 53.7 Å². The minimum Gasteiger partial charge on any atom is -0.465 e. The average Bonchev–Trinajstić information content (AvgIpc) is 2.74. The number of hydrogen-bond donors (Lipinski definition) is 1. The predicted octanol–water partition coefficient (Wildman–Crippen LogP) is 3.89. The van der Waals surface area contributed by atoms with Gasteiger partial charge in [-0.25, -0.2) is 4.79 Å². The monoisotopic (exact) mass is 437 g/mol. The lowest BCUT2D eigenvalue weighted by molar-refractivity contribution is -0.125. The van der Waals surface area contributed by atoms with Crippen LogP contribution in [0.2, 0.25) is 0 Å². The van der Waals surface area contributed by atoms with Gasteiger partial charge >= 0.3 is 5.97 Å². The molecule has 0 aliphatic carbocycles. The molecule has 0 saturated carbocycles. The van der Waals surface area contributed by atoms with Gasteiger partial charge in [0.25, 0.3) is 5.91 Å². The second kappa shape index (κ2) is 8.89. The molecule has 31 heavy (non-hydrogen) atoms. The summed E-state index contributed by atoms with van der Waals surface area (Å²) in [6, 6.07) is 12.6. The summed E-state index contributed by atoms with van der Waals surface area (Å²) in [5.74, 6) is -0.623. The van der Waals surface area contributed by atoms with Crippen LogP contribution >= 0.6 is 12.2 Å². The number of benzene rings is 2. The summed E-state index contributed by atoms with van der Waals surface area (Å²) < 4.78 is 4.96. The fraction of sp³-hybridized carbons (Fsp3) is 0.292. The minimum atomic E-state index is -0.584. The molecule has 1 unspecified atom stereocenters. The Balaban J connectivity index is 2.26. The number of nitrogens with zero attached hydrogens (tertiary/aromatic N) is 2. The van der Waals surface area contributed by atoms with Crippen LogP contribution in [0.4, 0.5) is 5.69 Å². The van der Waals surface area contributed by atoms with E-state index in [9.17, 15) is 9.59 Å². The Kier molecular flexibility index (Phi) is 6.45. The molecule has 0 bridgehead atoms. The zero-order valence-corrected chi connectivity index (χ0v) is 19.5. The summed E-state index contributed by atoms with van der Waals surface area (Å²) in [7, 11) is 4.76. The maximum atomic E-state index is 13.3. The van der Waals surface area contributed by atoms with Gasteiger partial charge in [-0.1, -0.05) is 30.3 Å². The zero-order valence-electron chi connectivity index (χ0n) is 18.6. The highest BCUT2D eigenvalue weighted by molar-refractivity contribution is 7.80. The Bertz CT molecular complexity index is 1090. The number of esters is 1. The molecule has 1 aliphatic heterocycles. The molecule has 1 N–H and O–H groups in total. The Morgan fingerprint density at radius 2 is 1.77 bits per heavy atom. The van der Waals surface area contributed by atoms with Crippen molar-refractivity contribution in [1.82, 2.24) is 10.2 Å². The van der Waals surface area contributed by atoms with Crippen LogP contribution in [0, 0.1) is 13.8 Å². The third kappa shape index (κ3) is 4.18. The van der Waals surface area contributed by atoms with E-state index < -0.39 is 12.0 Å². The molecule has 1 aliphatic rings. The van der Waals surface area contributed by atoms with Crippen LogP contribution in [0.25, 0.3) is 0 Å². The molecule has 6 nitrogen and oxygen atoms in total. The number of likely N-dealkylation sites (N-methyl/N-ethyl adjacent to an activating group) is 1. The van der Waals surface area contributed by atoms with Crippen LogP contribution in [-0.4, -0.2) is 43.1 Å². The quantitative estimate of drug-likeness (QED) is 0.579. The van der Waals surface area contributed by atoms with Crippen molar-refractivity contribution < 1.29 is 14.3 Å². The maximum Gasteiger partial charge on any atom is 0.338 e. The van der Waals surface area contributed by atoms with Crippen LogP contribution in [0.1, 0.15) is 40.0 Å². The average molecular weight is 438 g/mol.